The van der Waals surface area contributed by atoms with Gasteiger partial charge in [-0.3, -0.25) is 19.5 Å². The van der Waals surface area contributed by atoms with E-state index in [1.54, 1.807) is 0 Å². The van der Waals surface area contributed by atoms with Gasteiger partial charge in [-0.1, -0.05) is 44.2 Å². The maximum atomic E-state index is 13.9. The Labute approximate surface area is 224 Å². The van der Waals surface area contributed by atoms with Crippen LogP contribution in [0, 0.1) is 0 Å². The molecule has 3 aromatic rings. The number of benzene rings is 1. The first kappa shape index (κ1) is 26.4. The van der Waals surface area contributed by atoms with E-state index in [9.17, 15) is 9.59 Å². The molecule has 1 unspecified atom stereocenters. The Kier molecular flexibility index (Phi) is 8.07. The summed E-state index contributed by atoms with van der Waals surface area (Å²) in [5.41, 5.74) is 7.53. The molecule has 0 bridgehead atoms. The zero-order chi connectivity index (χ0) is 26.6. The molecule has 1 saturated heterocycles. The third kappa shape index (κ3) is 5.46. The summed E-state index contributed by atoms with van der Waals surface area (Å²) in [6.07, 6.45) is 15.6. The van der Waals surface area contributed by atoms with Crippen molar-refractivity contribution in [1.29, 1.82) is 0 Å². The summed E-state index contributed by atoms with van der Waals surface area (Å²) in [7, 11) is 0. The van der Waals surface area contributed by atoms with Crippen LogP contribution in [0.1, 0.15) is 94.5 Å². The van der Waals surface area contributed by atoms with Gasteiger partial charge in [0.15, 0.2) is 5.82 Å². The number of para-hydroxylation sites is 2. The van der Waals surface area contributed by atoms with Crippen LogP contribution < -0.4 is 16.6 Å². The molecular weight excluding hydrogens is 476 g/mol. The monoisotopic (exact) mass is 516 g/mol. The van der Waals surface area contributed by atoms with Crippen LogP contribution in [0.4, 0.5) is 11.5 Å². The fourth-order valence-electron chi connectivity index (χ4n) is 6.73. The highest BCUT2D eigenvalue weighted by Crippen LogP contribution is 2.36. The number of primary amides is 1. The third-order valence-corrected chi connectivity index (χ3v) is 8.53. The van der Waals surface area contributed by atoms with Crippen LogP contribution in [0.3, 0.4) is 0 Å². The molecular formula is C30H40N6O2. The number of hydrogen-bond acceptors (Lipinski definition) is 6. The van der Waals surface area contributed by atoms with Gasteiger partial charge < -0.3 is 15.6 Å². The lowest BCUT2D eigenvalue weighted by Crippen LogP contribution is -2.44. The van der Waals surface area contributed by atoms with Gasteiger partial charge in [0.2, 0.25) is 0 Å². The standard InChI is InChI=1S/C30H40N6O2/c1-20-14-15-23(35(20)22-10-6-4-3-5-7-11-22)18-21(2)36-27-13-9-8-12-25(27)33-29(30(36)38)34-26-19-32-17-16-24(26)28(31)37/h8-9,12-13,16-17,19-23H,3-7,10-11,14-15,18H2,1-2H3,(H2,31,37)(H,33,34)/t20?,21-,23-/m0/s1. The Morgan fingerprint density at radius 1 is 1.08 bits per heavy atom. The fraction of sp³-hybridized carbons (Fsp3) is 0.533. The smallest absolute Gasteiger partial charge is 0.294 e. The van der Waals surface area contributed by atoms with Crippen molar-refractivity contribution in [3.05, 3.63) is 58.6 Å². The summed E-state index contributed by atoms with van der Waals surface area (Å²) >= 11 is 0. The van der Waals surface area contributed by atoms with Crippen LogP contribution in [0.25, 0.3) is 11.0 Å². The average Bonchev–Trinajstić information content (AvgIpc) is 3.24. The van der Waals surface area contributed by atoms with Gasteiger partial charge in [0, 0.05) is 30.4 Å². The lowest BCUT2D eigenvalue weighted by molar-refractivity contribution is 0.1000. The predicted octanol–water partition coefficient (Wildman–Crippen LogP) is 5.55. The van der Waals surface area contributed by atoms with Crippen molar-refractivity contribution in [2.45, 2.75) is 102 Å². The minimum Gasteiger partial charge on any atom is -0.366 e. The van der Waals surface area contributed by atoms with Crippen molar-refractivity contribution >= 4 is 28.4 Å². The Morgan fingerprint density at radius 3 is 2.58 bits per heavy atom. The second kappa shape index (κ2) is 11.6. The van der Waals surface area contributed by atoms with Crippen LogP contribution in [0.5, 0.6) is 0 Å². The topological polar surface area (TPSA) is 106 Å². The van der Waals surface area contributed by atoms with Gasteiger partial charge in [-0.15, -0.1) is 0 Å². The average molecular weight is 517 g/mol. The summed E-state index contributed by atoms with van der Waals surface area (Å²) < 4.78 is 1.88. The Morgan fingerprint density at radius 2 is 1.82 bits per heavy atom. The van der Waals surface area contributed by atoms with Crippen LogP contribution in [0.15, 0.2) is 47.5 Å². The van der Waals surface area contributed by atoms with Crippen molar-refractivity contribution in [1.82, 2.24) is 19.4 Å². The summed E-state index contributed by atoms with van der Waals surface area (Å²) in [5, 5.41) is 3.07. The van der Waals surface area contributed by atoms with Gasteiger partial charge >= 0.3 is 0 Å². The van der Waals surface area contributed by atoms with Gasteiger partial charge in [-0.05, 0) is 64.2 Å². The number of amides is 1. The maximum Gasteiger partial charge on any atom is 0.294 e. The molecule has 5 rings (SSSR count). The largest absolute Gasteiger partial charge is 0.366 e. The summed E-state index contributed by atoms with van der Waals surface area (Å²) in [5.74, 6) is -0.420. The van der Waals surface area contributed by atoms with E-state index in [0.29, 0.717) is 23.8 Å². The van der Waals surface area contributed by atoms with Crippen molar-refractivity contribution in [3.63, 3.8) is 0 Å². The molecule has 202 valence electrons. The highest BCUT2D eigenvalue weighted by Gasteiger charge is 2.36. The molecule has 1 aromatic carbocycles. The molecule has 2 aromatic heterocycles. The van der Waals surface area contributed by atoms with E-state index in [-0.39, 0.29) is 23.0 Å². The molecule has 38 heavy (non-hydrogen) atoms. The number of carbonyl (C=O) groups excluding carboxylic acids is 1. The number of rotatable bonds is 7. The van der Waals surface area contributed by atoms with E-state index in [1.807, 2.05) is 28.8 Å². The quantitative estimate of drug-likeness (QED) is 0.426. The molecule has 0 spiro atoms. The molecule has 3 heterocycles. The maximum absolute atomic E-state index is 13.9. The molecule has 2 fully saturated rings. The van der Waals surface area contributed by atoms with E-state index in [4.69, 9.17) is 5.73 Å². The minimum absolute atomic E-state index is 0.0215. The number of carbonyl (C=O) groups is 1. The van der Waals surface area contributed by atoms with Crippen molar-refractivity contribution in [2.75, 3.05) is 5.32 Å². The number of fused-ring (bicyclic) bond motifs is 1. The first-order valence-electron chi connectivity index (χ1n) is 14.2. The van der Waals surface area contributed by atoms with E-state index < -0.39 is 5.91 Å². The molecule has 0 radical (unpaired) electrons. The number of nitrogens with zero attached hydrogens (tertiary/aromatic N) is 4. The first-order valence-corrected chi connectivity index (χ1v) is 14.2. The Balaban J connectivity index is 1.47. The summed E-state index contributed by atoms with van der Waals surface area (Å²) in [6, 6.07) is 11.0. The molecule has 1 aliphatic carbocycles. The molecule has 1 amide bonds. The van der Waals surface area contributed by atoms with Crippen LogP contribution in [-0.4, -0.2) is 43.5 Å². The van der Waals surface area contributed by atoms with Crippen LogP contribution in [0.2, 0.25) is 0 Å². The summed E-state index contributed by atoms with van der Waals surface area (Å²) in [4.78, 5) is 37.4. The lowest BCUT2D eigenvalue weighted by atomic mass is 9.94. The lowest BCUT2D eigenvalue weighted by Gasteiger charge is -2.38. The molecule has 8 nitrogen and oxygen atoms in total. The van der Waals surface area contributed by atoms with Gasteiger partial charge in [0.25, 0.3) is 11.5 Å². The number of anilines is 2. The summed E-state index contributed by atoms with van der Waals surface area (Å²) in [6.45, 7) is 4.53. The number of likely N-dealkylation sites (tertiary alicyclic amines) is 1. The SMILES string of the molecule is CC1CC[C@@H](C[C@H](C)n2c(=O)c(Nc3cnccc3C(N)=O)nc3ccccc32)N1C1CCCCCCC1. The van der Waals surface area contributed by atoms with Crippen molar-refractivity contribution in [3.8, 4) is 0 Å². The number of aromatic nitrogens is 3. The fourth-order valence-corrected chi connectivity index (χ4v) is 6.73. The second-order valence-corrected chi connectivity index (χ2v) is 11.1. The van der Waals surface area contributed by atoms with Crippen molar-refractivity contribution in [2.24, 2.45) is 5.73 Å². The molecule has 1 aliphatic heterocycles. The first-order chi connectivity index (χ1) is 18.4. The third-order valence-electron chi connectivity index (χ3n) is 8.53. The normalized spacial score (nSPS) is 22.2. The predicted molar refractivity (Wildman–Crippen MR) is 152 cm³/mol. The Bertz CT molecular complexity index is 1330. The zero-order valence-electron chi connectivity index (χ0n) is 22.6. The molecule has 3 atom stereocenters. The van der Waals surface area contributed by atoms with E-state index >= 15 is 0 Å². The van der Waals surface area contributed by atoms with Crippen molar-refractivity contribution < 1.29 is 4.79 Å². The van der Waals surface area contributed by atoms with Crippen LogP contribution >= 0.6 is 0 Å². The number of nitrogens with two attached hydrogens (primary N) is 1. The van der Waals surface area contributed by atoms with Gasteiger partial charge in [-0.25, -0.2) is 4.98 Å². The second-order valence-electron chi connectivity index (χ2n) is 11.1. The zero-order valence-corrected chi connectivity index (χ0v) is 22.6. The molecule has 1 saturated carbocycles. The van der Waals surface area contributed by atoms with E-state index in [0.717, 1.165) is 17.5 Å². The van der Waals surface area contributed by atoms with Gasteiger partial charge in [0.1, 0.15) is 0 Å². The van der Waals surface area contributed by atoms with Gasteiger partial charge in [0.05, 0.1) is 28.5 Å². The number of hydrogen-bond donors (Lipinski definition) is 2. The number of nitrogens with one attached hydrogen (secondary N) is 1. The van der Waals surface area contributed by atoms with E-state index in [1.165, 1.54) is 76.2 Å². The van der Waals surface area contributed by atoms with Gasteiger partial charge in [-0.2, -0.15) is 0 Å². The number of pyridine rings is 1. The van der Waals surface area contributed by atoms with E-state index in [2.05, 4.69) is 34.0 Å². The molecule has 8 heteroatoms. The highest BCUT2D eigenvalue weighted by atomic mass is 16.1. The molecule has 2 aliphatic rings. The minimum atomic E-state index is -0.589. The van der Waals surface area contributed by atoms with Crippen LogP contribution in [-0.2, 0) is 0 Å². The molecule has 3 N–H and O–H groups in total. The highest BCUT2D eigenvalue weighted by molar-refractivity contribution is 5.98. The Hall–Kier alpha value is -3.26.